The highest BCUT2D eigenvalue weighted by atomic mass is 32.2. The Balaban J connectivity index is 2.51. The van der Waals surface area contributed by atoms with Crippen LogP contribution in [-0.4, -0.2) is 29.7 Å². The summed E-state index contributed by atoms with van der Waals surface area (Å²) in [6.07, 6.45) is 3.17. The lowest BCUT2D eigenvalue weighted by molar-refractivity contribution is 0.583. The molecule has 1 rings (SSSR count). The van der Waals surface area contributed by atoms with E-state index in [4.69, 9.17) is 5.73 Å². The van der Waals surface area contributed by atoms with Gasteiger partial charge in [-0.05, 0) is 19.8 Å². The first-order chi connectivity index (χ1) is 7.85. The highest BCUT2D eigenvalue weighted by Crippen LogP contribution is 2.18. The van der Waals surface area contributed by atoms with Gasteiger partial charge >= 0.3 is 0 Å². The third-order valence-electron chi connectivity index (χ3n) is 2.86. The summed E-state index contributed by atoms with van der Waals surface area (Å²) in [5.41, 5.74) is 7.95. The highest BCUT2D eigenvalue weighted by Gasteiger charge is 2.14. The molecule has 1 atom stereocenters. The minimum Gasteiger partial charge on any atom is -0.324 e. The fourth-order valence-corrected chi connectivity index (χ4v) is 2.70. The molecule has 17 heavy (non-hydrogen) atoms. The minimum absolute atomic E-state index is 0.129. The average molecular weight is 259 g/mol. The molecule has 2 N–H and O–H groups in total. The molecule has 1 aromatic heterocycles. The Labute approximate surface area is 103 Å². The summed E-state index contributed by atoms with van der Waals surface area (Å²) in [5.74, 6) is 0.421. The molecule has 0 bridgehead atoms. The first kappa shape index (κ1) is 14.2. The summed E-state index contributed by atoms with van der Waals surface area (Å²) in [7, 11) is -1.03. The number of sulfone groups is 1. The van der Waals surface area contributed by atoms with Crippen LogP contribution in [0, 0.1) is 6.92 Å². The van der Waals surface area contributed by atoms with E-state index in [0.717, 1.165) is 11.3 Å². The average Bonchev–Trinajstić information content (AvgIpc) is 2.57. The lowest BCUT2D eigenvalue weighted by atomic mass is 10.0. The molecule has 0 saturated carbocycles. The smallest absolute Gasteiger partial charge is 0.150 e. The molecule has 0 amide bonds. The largest absolute Gasteiger partial charge is 0.324 e. The summed E-state index contributed by atoms with van der Waals surface area (Å²) >= 11 is 0. The van der Waals surface area contributed by atoms with Gasteiger partial charge in [0, 0.05) is 30.6 Å². The Morgan fingerprint density at radius 3 is 2.65 bits per heavy atom. The van der Waals surface area contributed by atoms with E-state index in [-0.39, 0.29) is 17.5 Å². The number of rotatable bonds is 6. The van der Waals surface area contributed by atoms with Gasteiger partial charge in [-0.2, -0.15) is 5.10 Å². The van der Waals surface area contributed by atoms with E-state index in [1.165, 1.54) is 0 Å². The van der Waals surface area contributed by atoms with Crippen molar-refractivity contribution in [2.24, 2.45) is 12.8 Å². The van der Waals surface area contributed by atoms with Crippen molar-refractivity contribution in [1.82, 2.24) is 9.78 Å². The van der Waals surface area contributed by atoms with E-state index in [9.17, 15) is 8.42 Å². The third-order valence-corrected chi connectivity index (χ3v) is 4.65. The van der Waals surface area contributed by atoms with E-state index in [1.807, 2.05) is 20.2 Å². The molecule has 0 aromatic carbocycles. The van der Waals surface area contributed by atoms with Gasteiger partial charge in [0.1, 0.15) is 9.84 Å². The number of hydrogen-bond acceptors (Lipinski definition) is 4. The van der Waals surface area contributed by atoms with E-state index in [0.29, 0.717) is 12.8 Å². The van der Waals surface area contributed by atoms with Crippen molar-refractivity contribution in [2.45, 2.75) is 32.7 Å². The first-order valence-corrected chi connectivity index (χ1v) is 7.64. The monoisotopic (exact) mass is 259 g/mol. The Morgan fingerprint density at radius 1 is 1.53 bits per heavy atom. The van der Waals surface area contributed by atoms with Gasteiger partial charge in [0.05, 0.1) is 11.4 Å². The van der Waals surface area contributed by atoms with Crippen LogP contribution in [-0.2, 0) is 16.9 Å². The van der Waals surface area contributed by atoms with Gasteiger partial charge in [-0.25, -0.2) is 8.42 Å². The van der Waals surface area contributed by atoms with Gasteiger partial charge in [0.25, 0.3) is 0 Å². The normalized spacial score (nSPS) is 13.9. The SMILES string of the molecule is CCS(=O)(=O)CCCC(N)c1cn(C)nc1C. The molecule has 0 fully saturated rings. The zero-order chi connectivity index (χ0) is 13.1. The molecule has 1 aromatic rings. The summed E-state index contributed by atoms with van der Waals surface area (Å²) in [4.78, 5) is 0. The maximum atomic E-state index is 11.3. The fourth-order valence-electron chi connectivity index (χ4n) is 1.80. The Kier molecular flexibility index (Phi) is 4.70. The predicted molar refractivity (Wildman–Crippen MR) is 68.4 cm³/mol. The van der Waals surface area contributed by atoms with Gasteiger partial charge in [-0.3, -0.25) is 4.68 Å². The van der Waals surface area contributed by atoms with Crippen molar-refractivity contribution in [3.63, 3.8) is 0 Å². The number of nitrogens with zero attached hydrogens (tertiary/aromatic N) is 2. The maximum absolute atomic E-state index is 11.3. The minimum atomic E-state index is -2.88. The molecule has 0 aliphatic carbocycles. The third kappa shape index (κ3) is 4.12. The van der Waals surface area contributed by atoms with Crippen LogP contribution in [0.25, 0.3) is 0 Å². The number of aryl methyl sites for hydroxylation is 2. The molecule has 0 saturated heterocycles. The van der Waals surface area contributed by atoms with Crippen molar-refractivity contribution in [3.8, 4) is 0 Å². The van der Waals surface area contributed by atoms with Crippen molar-refractivity contribution < 1.29 is 8.42 Å². The van der Waals surface area contributed by atoms with Crippen molar-refractivity contribution in [1.29, 1.82) is 0 Å². The quantitative estimate of drug-likeness (QED) is 0.825. The van der Waals surface area contributed by atoms with Gasteiger partial charge < -0.3 is 5.73 Å². The molecule has 0 aliphatic heterocycles. The molecule has 1 unspecified atom stereocenters. The summed E-state index contributed by atoms with van der Waals surface area (Å²) in [6.45, 7) is 3.58. The molecule has 1 heterocycles. The van der Waals surface area contributed by atoms with Crippen LogP contribution in [0.4, 0.5) is 0 Å². The number of nitrogens with two attached hydrogens (primary N) is 1. The van der Waals surface area contributed by atoms with Gasteiger partial charge in [0.15, 0.2) is 0 Å². The fraction of sp³-hybridized carbons (Fsp3) is 0.727. The molecular formula is C11H21N3O2S. The Hall–Kier alpha value is -0.880. The highest BCUT2D eigenvalue weighted by molar-refractivity contribution is 7.91. The molecule has 0 radical (unpaired) electrons. The maximum Gasteiger partial charge on any atom is 0.150 e. The van der Waals surface area contributed by atoms with E-state index in [1.54, 1.807) is 11.6 Å². The zero-order valence-corrected chi connectivity index (χ0v) is 11.5. The van der Waals surface area contributed by atoms with E-state index in [2.05, 4.69) is 5.10 Å². The Bertz CT molecular complexity index is 465. The van der Waals surface area contributed by atoms with E-state index >= 15 is 0 Å². The standard InChI is InChI=1S/C11H21N3O2S/c1-4-17(15,16)7-5-6-11(12)10-8-14(3)13-9(10)2/h8,11H,4-7,12H2,1-3H3. The number of hydrogen-bond donors (Lipinski definition) is 1. The van der Waals surface area contributed by atoms with Crippen LogP contribution in [0.15, 0.2) is 6.20 Å². The van der Waals surface area contributed by atoms with Gasteiger partial charge in [0.2, 0.25) is 0 Å². The lowest BCUT2D eigenvalue weighted by Gasteiger charge is -2.10. The second-order valence-corrected chi connectivity index (χ2v) is 6.80. The summed E-state index contributed by atoms with van der Waals surface area (Å²) in [6, 6.07) is -0.129. The first-order valence-electron chi connectivity index (χ1n) is 5.82. The van der Waals surface area contributed by atoms with Crippen LogP contribution < -0.4 is 5.73 Å². The molecule has 0 spiro atoms. The lowest BCUT2D eigenvalue weighted by Crippen LogP contribution is -2.14. The number of aromatic nitrogens is 2. The molecule has 0 aliphatic rings. The van der Waals surface area contributed by atoms with Crippen molar-refractivity contribution in [2.75, 3.05) is 11.5 Å². The van der Waals surface area contributed by atoms with Crippen LogP contribution in [0.2, 0.25) is 0 Å². The molecule has 98 valence electrons. The van der Waals surface area contributed by atoms with E-state index < -0.39 is 9.84 Å². The van der Waals surface area contributed by atoms with Crippen molar-refractivity contribution in [3.05, 3.63) is 17.5 Å². The van der Waals surface area contributed by atoms with Gasteiger partial charge in [-0.1, -0.05) is 6.92 Å². The van der Waals surface area contributed by atoms with Crippen molar-refractivity contribution >= 4 is 9.84 Å². The Morgan fingerprint density at radius 2 is 2.18 bits per heavy atom. The van der Waals surface area contributed by atoms with Crippen LogP contribution in [0.3, 0.4) is 0 Å². The predicted octanol–water partition coefficient (Wildman–Crippen LogP) is 0.943. The summed E-state index contributed by atoms with van der Waals surface area (Å²) < 4.78 is 24.4. The van der Waals surface area contributed by atoms with Crippen LogP contribution in [0.5, 0.6) is 0 Å². The summed E-state index contributed by atoms with van der Waals surface area (Å²) in [5, 5.41) is 4.22. The molecular weight excluding hydrogens is 238 g/mol. The zero-order valence-electron chi connectivity index (χ0n) is 10.7. The van der Waals surface area contributed by atoms with Crippen LogP contribution in [0.1, 0.15) is 37.1 Å². The second-order valence-electron chi connectivity index (χ2n) is 4.33. The molecule has 6 heteroatoms. The van der Waals surface area contributed by atoms with Crippen LogP contribution >= 0.6 is 0 Å². The topological polar surface area (TPSA) is 78.0 Å². The van der Waals surface area contributed by atoms with Gasteiger partial charge in [-0.15, -0.1) is 0 Å². The second kappa shape index (κ2) is 5.64. The molecule has 5 nitrogen and oxygen atoms in total.